The fraction of sp³-hybridized carbons (Fsp3) is 0.375. The summed E-state index contributed by atoms with van der Waals surface area (Å²) in [6, 6.07) is 4.65. The second-order valence-corrected chi connectivity index (χ2v) is 6.07. The number of hydrogen-bond acceptors (Lipinski definition) is 5. The van der Waals surface area contributed by atoms with Gasteiger partial charge in [-0.1, -0.05) is 11.6 Å². The van der Waals surface area contributed by atoms with E-state index in [1.54, 1.807) is 6.07 Å². The highest BCUT2D eigenvalue weighted by atomic mass is 35.5. The molecule has 25 heavy (non-hydrogen) atoms. The molecule has 0 bridgehead atoms. The summed E-state index contributed by atoms with van der Waals surface area (Å²) in [4.78, 5) is 10.4. The number of nitrogens with one attached hydrogen (secondary N) is 2. The van der Waals surface area contributed by atoms with Gasteiger partial charge < -0.3 is 15.5 Å². The van der Waals surface area contributed by atoms with Gasteiger partial charge >= 0.3 is 6.18 Å². The molecule has 1 aromatic heterocycles. The van der Waals surface area contributed by atoms with Gasteiger partial charge in [0.05, 0.1) is 16.3 Å². The van der Waals surface area contributed by atoms with Crippen LogP contribution >= 0.6 is 11.6 Å². The first-order chi connectivity index (χ1) is 11.8. The maximum absolute atomic E-state index is 12.8. The first kappa shape index (κ1) is 19.3. The second-order valence-electron chi connectivity index (χ2n) is 5.67. The standard InChI is InChI=1S/C16H19ClF3N5/c1-25(2)9-3-7-21-15-22-8-6-14(24-15)23-13-10-11(16(18,19)20)4-5-12(13)17/h4-6,8,10H,3,7,9H2,1-2H3,(H2,21,22,23,24). The van der Waals surface area contributed by atoms with Gasteiger partial charge in [0, 0.05) is 12.7 Å². The molecule has 0 saturated carbocycles. The Hall–Kier alpha value is -2.06. The third kappa shape index (κ3) is 6.06. The number of anilines is 3. The quantitative estimate of drug-likeness (QED) is 0.710. The number of aromatic nitrogens is 2. The van der Waals surface area contributed by atoms with E-state index >= 15 is 0 Å². The second kappa shape index (κ2) is 8.35. The molecule has 1 heterocycles. The molecule has 0 aliphatic carbocycles. The fourth-order valence-corrected chi connectivity index (χ4v) is 2.21. The molecule has 0 amide bonds. The van der Waals surface area contributed by atoms with Crippen LogP contribution in [0.4, 0.5) is 30.6 Å². The van der Waals surface area contributed by atoms with Gasteiger partial charge in [-0.3, -0.25) is 0 Å². The van der Waals surface area contributed by atoms with E-state index in [-0.39, 0.29) is 10.7 Å². The molecule has 9 heteroatoms. The molecule has 0 radical (unpaired) electrons. The maximum Gasteiger partial charge on any atom is 0.416 e. The van der Waals surface area contributed by atoms with E-state index in [0.717, 1.165) is 25.1 Å². The lowest BCUT2D eigenvalue weighted by molar-refractivity contribution is -0.137. The number of halogens is 4. The van der Waals surface area contributed by atoms with Crippen molar-refractivity contribution in [3.63, 3.8) is 0 Å². The zero-order valence-corrected chi connectivity index (χ0v) is 14.6. The highest BCUT2D eigenvalue weighted by Gasteiger charge is 2.31. The summed E-state index contributed by atoms with van der Waals surface area (Å²) in [5.41, 5.74) is -0.649. The van der Waals surface area contributed by atoms with Crippen molar-refractivity contribution in [2.45, 2.75) is 12.6 Å². The Morgan fingerprint density at radius 3 is 2.64 bits per heavy atom. The van der Waals surface area contributed by atoms with Gasteiger partial charge in [-0.2, -0.15) is 18.2 Å². The van der Waals surface area contributed by atoms with E-state index < -0.39 is 11.7 Å². The molecule has 5 nitrogen and oxygen atoms in total. The van der Waals surface area contributed by atoms with Gasteiger partial charge in [0.15, 0.2) is 0 Å². The number of rotatable bonds is 7. The molecule has 1 aromatic carbocycles. The predicted molar refractivity (Wildman–Crippen MR) is 93.4 cm³/mol. The molecule has 0 atom stereocenters. The zero-order chi connectivity index (χ0) is 18.4. The van der Waals surface area contributed by atoms with Crippen molar-refractivity contribution in [2.24, 2.45) is 0 Å². The van der Waals surface area contributed by atoms with Crippen LogP contribution in [0.15, 0.2) is 30.5 Å². The van der Waals surface area contributed by atoms with Crippen molar-refractivity contribution in [3.05, 3.63) is 41.0 Å². The molecule has 0 aliphatic rings. The Balaban J connectivity index is 2.07. The van der Waals surface area contributed by atoms with Gasteiger partial charge in [-0.15, -0.1) is 0 Å². The molecule has 0 saturated heterocycles. The normalized spacial score (nSPS) is 11.6. The van der Waals surface area contributed by atoms with Crippen LogP contribution in [-0.4, -0.2) is 42.1 Å². The van der Waals surface area contributed by atoms with Gasteiger partial charge in [0.25, 0.3) is 0 Å². The fourth-order valence-electron chi connectivity index (χ4n) is 2.04. The van der Waals surface area contributed by atoms with E-state index in [9.17, 15) is 13.2 Å². The van der Waals surface area contributed by atoms with Crippen molar-refractivity contribution in [1.29, 1.82) is 0 Å². The lowest BCUT2D eigenvalue weighted by Crippen LogP contribution is -2.17. The Morgan fingerprint density at radius 2 is 1.96 bits per heavy atom. The topological polar surface area (TPSA) is 53.1 Å². The number of alkyl halides is 3. The van der Waals surface area contributed by atoms with Crippen LogP contribution in [0, 0.1) is 0 Å². The van der Waals surface area contributed by atoms with Crippen molar-refractivity contribution < 1.29 is 13.2 Å². The highest BCUT2D eigenvalue weighted by Crippen LogP contribution is 2.34. The molecule has 0 spiro atoms. The minimum atomic E-state index is -4.44. The minimum Gasteiger partial charge on any atom is -0.354 e. The summed E-state index contributed by atoms with van der Waals surface area (Å²) < 4.78 is 38.5. The van der Waals surface area contributed by atoms with Gasteiger partial charge in [0.2, 0.25) is 5.95 Å². The first-order valence-corrected chi connectivity index (χ1v) is 7.99. The Morgan fingerprint density at radius 1 is 1.20 bits per heavy atom. The van der Waals surface area contributed by atoms with E-state index in [0.29, 0.717) is 18.3 Å². The van der Waals surface area contributed by atoms with Crippen LogP contribution in [-0.2, 0) is 6.18 Å². The Bertz CT molecular complexity index is 706. The van der Waals surface area contributed by atoms with E-state index in [2.05, 4.69) is 25.5 Å². The van der Waals surface area contributed by atoms with Crippen LogP contribution in [0.1, 0.15) is 12.0 Å². The molecule has 0 unspecified atom stereocenters. The van der Waals surface area contributed by atoms with E-state index in [1.807, 2.05) is 14.1 Å². The van der Waals surface area contributed by atoms with Crippen molar-refractivity contribution in [2.75, 3.05) is 37.8 Å². The van der Waals surface area contributed by atoms with Gasteiger partial charge in [0.1, 0.15) is 5.82 Å². The third-order valence-corrected chi connectivity index (χ3v) is 3.61. The lowest BCUT2D eigenvalue weighted by Gasteiger charge is -2.13. The summed E-state index contributed by atoms with van der Waals surface area (Å²) in [6.07, 6.45) is -2.01. The van der Waals surface area contributed by atoms with Gasteiger partial charge in [-0.25, -0.2) is 4.98 Å². The smallest absolute Gasteiger partial charge is 0.354 e. The first-order valence-electron chi connectivity index (χ1n) is 7.61. The van der Waals surface area contributed by atoms with Crippen molar-refractivity contribution >= 4 is 29.1 Å². The molecule has 0 fully saturated rings. The summed E-state index contributed by atoms with van der Waals surface area (Å²) >= 11 is 5.97. The van der Waals surface area contributed by atoms with Crippen LogP contribution in [0.2, 0.25) is 5.02 Å². The van der Waals surface area contributed by atoms with E-state index in [1.165, 1.54) is 12.3 Å². The number of hydrogen-bond donors (Lipinski definition) is 2. The molecule has 136 valence electrons. The number of benzene rings is 1. The minimum absolute atomic E-state index is 0.133. The average Bonchev–Trinajstić information content (AvgIpc) is 2.53. The molecule has 2 rings (SSSR count). The van der Waals surface area contributed by atoms with Crippen molar-refractivity contribution in [3.8, 4) is 0 Å². The lowest BCUT2D eigenvalue weighted by atomic mass is 10.2. The van der Waals surface area contributed by atoms with Crippen molar-refractivity contribution in [1.82, 2.24) is 14.9 Å². The summed E-state index contributed by atoms with van der Waals surface area (Å²) in [7, 11) is 3.97. The molecular formula is C16H19ClF3N5. The largest absolute Gasteiger partial charge is 0.416 e. The average molecular weight is 374 g/mol. The molecule has 0 aliphatic heterocycles. The van der Waals surface area contributed by atoms with Gasteiger partial charge in [-0.05, 0) is 51.3 Å². The maximum atomic E-state index is 12.8. The summed E-state index contributed by atoms with van der Waals surface area (Å²) in [6.45, 7) is 1.61. The highest BCUT2D eigenvalue weighted by molar-refractivity contribution is 6.33. The SMILES string of the molecule is CN(C)CCCNc1nccc(Nc2cc(C(F)(F)F)ccc2Cl)n1. The Kier molecular flexibility index (Phi) is 6.44. The Labute approximate surface area is 149 Å². The van der Waals surface area contributed by atoms with Crippen LogP contribution in [0.25, 0.3) is 0 Å². The predicted octanol–water partition coefficient (Wildman–Crippen LogP) is 4.26. The molecule has 2 aromatic rings. The number of nitrogens with zero attached hydrogens (tertiary/aromatic N) is 3. The van der Waals surface area contributed by atoms with E-state index in [4.69, 9.17) is 11.6 Å². The monoisotopic (exact) mass is 373 g/mol. The summed E-state index contributed by atoms with van der Waals surface area (Å²) in [5, 5.41) is 6.05. The van der Waals surface area contributed by atoms with Crippen LogP contribution in [0.3, 0.4) is 0 Å². The summed E-state index contributed by atoms with van der Waals surface area (Å²) in [5.74, 6) is 0.748. The van der Waals surface area contributed by atoms with Crippen LogP contribution < -0.4 is 10.6 Å². The molecular weight excluding hydrogens is 355 g/mol. The zero-order valence-electron chi connectivity index (χ0n) is 13.9. The van der Waals surface area contributed by atoms with Crippen LogP contribution in [0.5, 0.6) is 0 Å². The third-order valence-electron chi connectivity index (χ3n) is 3.28. The molecule has 2 N–H and O–H groups in total.